The molecule has 4 nitrogen and oxygen atoms in total. The monoisotopic (exact) mass is 238 g/mol. The molecule has 0 radical (unpaired) electrons. The summed E-state index contributed by atoms with van der Waals surface area (Å²) < 4.78 is 1.99. The Morgan fingerprint density at radius 1 is 1.35 bits per heavy atom. The molecule has 1 rings (SSSR count). The van der Waals surface area contributed by atoms with Gasteiger partial charge in [-0.2, -0.15) is 5.10 Å². The number of hydrogen-bond donors (Lipinski definition) is 1. The van der Waals surface area contributed by atoms with Crippen molar-refractivity contribution < 1.29 is 9.90 Å². The molecule has 0 aromatic carbocycles. The lowest BCUT2D eigenvalue weighted by atomic mass is 10.00. The van der Waals surface area contributed by atoms with Crippen LogP contribution in [-0.2, 0) is 17.8 Å². The molecule has 1 heterocycles. The van der Waals surface area contributed by atoms with E-state index in [1.807, 2.05) is 18.5 Å². The zero-order valence-electron chi connectivity index (χ0n) is 11.3. The minimum absolute atomic E-state index is 0.357. The van der Waals surface area contributed by atoms with E-state index in [-0.39, 0.29) is 5.92 Å². The summed E-state index contributed by atoms with van der Waals surface area (Å²) in [7, 11) is 0. The van der Waals surface area contributed by atoms with E-state index in [0.717, 1.165) is 23.5 Å². The molecule has 0 fully saturated rings. The summed E-state index contributed by atoms with van der Waals surface area (Å²) in [5.74, 6) is -0.567. The van der Waals surface area contributed by atoms with Gasteiger partial charge in [0.2, 0.25) is 0 Å². The summed E-state index contributed by atoms with van der Waals surface area (Å²) in [6.07, 6.45) is 0.561. The van der Waals surface area contributed by atoms with E-state index in [1.165, 1.54) is 0 Å². The SMILES string of the molecule is Cc1nn(CC(C)C)c(C)c1CC(C)C(=O)O. The van der Waals surface area contributed by atoms with Crippen molar-refractivity contribution >= 4 is 5.97 Å². The number of hydrogen-bond acceptors (Lipinski definition) is 2. The third-order valence-corrected chi connectivity index (χ3v) is 3.00. The molecule has 0 aliphatic rings. The third-order valence-electron chi connectivity index (χ3n) is 3.00. The van der Waals surface area contributed by atoms with Gasteiger partial charge in [-0.1, -0.05) is 20.8 Å². The fourth-order valence-electron chi connectivity index (χ4n) is 1.95. The standard InChI is InChI=1S/C13H22N2O2/c1-8(2)7-15-11(5)12(10(4)14-15)6-9(3)13(16)17/h8-9H,6-7H2,1-5H3,(H,16,17). The summed E-state index contributed by atoms with van der Waals surface area (Å²) in [5, 5.41) is 13.4. The largest absolute Gasteiger partial charge is 0.481 e. The molecular formula is C13H22N2O2. The maximum absolute atomic E-state index is 10.9. The molecule has 0 saturated heterocycles. The van der Waals surface area contributed by atoms with E-state index in [0.29, 0.717) is 12.3 Å². The fraction of sp³-hybridized carbons (Fsp3) is 0.692. The lowest BCUT2D eigenvalue weighted by Gasteiger charge is -2.09. The van der Waals surface area contributed by atoms with Crippen molar-refractivity contribution in [2.45, 2.75) is 47.6 Å². The molecule has 0 aliphatic carbocycles. The minimum atomic E-state index is -0.750. The van der Waals surface area contributed by atoms with Crippen LogP contribution in [0.15, 0.2) is 0 Å². The lowest BCUT2D eigenvalue weighted by Crippen LogP contribution is -2.13. The van der Waals surface area contributed by atoms with Crippen LogP contribution in [0.5, 0.6) is 0 Å². The molecule has 17 heavy (non-hydrogen) atoms. The highest BCUT2D eigenvalue weighted by Crippen LogP contribution is 2.18. The van der Waals surface area contributed by atoms with Gasteiger partial charge in [0.25, 0.3) is 0 Å². The number of aryl methyl sites for hydroxylation is 1. The van der Waals surface area contributed by atoms with Crippen LogP contribution in [0, 0.1) is 25.7 Å². The van der Waals surface area contributed by atoms with Crippen LogP contribution in [0.2, 0.25) is 0 Å². The Morgan fingerprint density at radius 3 is 2.41 bits per heavy atom. The molecule has 1 N–H and O–H groups in total. The highest BCUT2D eigenvalue weighted by Gasteiger charge is 2.18. The van der Waals surface area contributed by atoms with Crippen molar-refractivity contribution in [2.75, 3.05) is 0 Å². The molecule has 1 unspecified atom stereocenters. The van der Waals surface area contributed by atoms with Crippen molar-refractivity contribution in [1.82, 2.24) is 9.78 Å². The quantitative estimate of drug-likeness (QED) is 0.857. The fourth-order valence-corrected chi connectivity index (χ4v) is 1.95. The summed E-state index contributed by atoms with van der Waals surface area (Å²) in [6.45, 7) is 10.9. The smallest absolute Gasteiger partial charge is 0.306 e. The predicted molar refractivity (Wildman–Crippen MR) is 67.0 cm³/mol. The molecule has 1 atom stereocenters. The Balaban J connectivity index is 2.93. The number of nitrogens with zero attached hydrogens (tertiary/aromatic N) is 2. The average molecular weight is 238 g/mol. The van der Waals surface area contributed by atoms with Crippen LogP contribution in [-0.4, -0.2) is 20.9 Å². The number of carboxylic acids is 1. The van der Waals surface area contributed by atoms with Crippen LogP contribution in [0.25, 0.3) is 0 Å². The molecule has 0 saturated carbocycles. The second kappa shape index (κ2) is 5.34. The first-order valence-electron chi connectivity index (χ1n) is 6.08. The van der Waals surface area contributed by atoms with E-state index in [9.17, 15) is 4.79 Å². The molecule has 96 valence electrons. The highest BCUT2D eigenvalue weighted by atomic mass is 16.4. The zero-order valence-corrected chi connectivity index (χ0v) is 11.3. The van der Waals surface area contributed by atoms with Gasteiger partial charge in [0.15, 0.2) is 0 Å². The Morgan fingerprint density at radius 2 is 1.94 bits per heavy atom. The lowest BCUT2D eigenvalue weighted by molar-refractivity contribution is -0.141. The topological polar surface area (TPSA) is 55.1 Å². The van der Waals surface area contributed by atoms with Gasteiger partial charge >= 0.3 is 5.97 Å². The molecule has 0 bridgehead atoms. The van der Waals surface area contributed by atoms with Crippen molar-refractivity contribution in [1.29, 1.82) is 0 Å². The van der Waals surface area contributed by atoms with Gasteiger partial charge in [-0.3, -0.25) is 9.48 Å². The highest BCUT2D eigenvalue weighted by molar-refractivity contribution is 5.70. The van der Waals surface area contributed by atoms with Crippen LogP contribution in [0.1, 0.15) is 37.7 Å². The van der Waals surface area contributed by atoms with Crippen LogP contribution in [0.3, 0.4) is 0 Å². The summed E-state index contributed by atoms with van der Waals surface area (Å²) in [5.41, 5.74) is 3.14. The Bertz CT molecular complexity index is 408. The maximum atomic E-state index is 10.9. The molecule has 4 heteroatoms. The van der Waals surface area contributed by atoms with Gasteiger partial charge in [0.1, 0.15) is 0 Å². The molecule has 1 aromatic rings. The Kier molecular flexibility index (Phi) is 4.32. The van der Waals surface area contributed by atoms with E-state index in [1.54, 1.807) is 6.92 Å². The summed E-state index contributed by atoms with van der Waals surface area (Å²) in [6, 6.07) is 0. The van der Waals surface area contributed by atoms with E-state index in [2.05, 4.69) is 18.9 Å². The van der Waals surface area contributed by atoms with Crippen molar-refractivity contribution in [3.8, 4) is 0 Å². The normalized spacial score (nSPS) is 13.1. The van der Waals surface area contributed by atoms with Crippen LogP contribution >= 0.6 is 0 Å². The number of rotatable bonds is 5. The molecule has 0 spiro atoms. The number of aliphatic carboxylic acids is 1. The van der Waals surface area contributed by atoms with Gasteiger partial charge < -0.3 is 5.11 Å². The first kappa shape index (κ1) is 13.7. The van der Waals surface area contributed by atoms with Gasteiger partial charge in [-0.05, 0) is 31.7 Å². The zero-order chi connectivity index (χ0) is 13.2. The van der Waals surface area contributed by atoms with Crippen molar-refractivity contribution in [3.05, 3.63) is 17.0 Å². The minimum Gasteiger partial charge on any atom is -0.481 e. The number of aromatic nitrogens is 2. The molecule has 0 amide bonds. The van der Waals surface area contributed by atoms with Crippen molar-refractivity contribution in [2.24, 2.45) is 11.8 Å². The Labute approximate surface area is 103 Å². The number of carboxylic acid groups (broad SMARTS) is 1. The van der Waals surface area contributed by atoms with Crippen LogP contribution in [0.4, 0.5) is 0 Å². The predicted octanol–water partition coefficient (Wildman–Crippen LogP) is 2.42. The summed E-state index contributed by atoms with van der Waals surface area (Å²) in [4.78, 5) is 10.9. The van der Waals surface area contributed by atoms with Gasteiger partial charge in [-0.25, -0.2) is 0 Å². The van der Waals surface area contributed by atoms with Crippen molar-refractivity contribution in [3.63, 3.8) is 0 Å². The third kappa shape index (κ3) is 3.32. The Hall–Kier alpha value is -1.32. The molecular weight excluding hydrogens is 216 g/mol. The van der Waals surface area contributed by atoms with E-state index in [4.69, 9.17) is 5.11 Å². The second-order valence-corrected chi connectivity index (χ2v) is 5.17. The maximum Gasteiger partial charge on any atom is 0.306 e. The van der Waals surface area contributed by atoms with Gasteiger partial charge in [0.05, 0.1) is 11.6 Å². The van der Waals surface area contributed by atoms with Gasteiger partial charge in [0, 0.05) is 12.2 Å². The molecule has 0 aliphatic heterocycles. The van der Waals surface area contributed by atoms with E-state index < -0.39 is 5.97 Å². The van der Waals surface area contributed by atoms with Crippen LogP contribution < -0.4 is 0 Å². The first-order chi connectivity index (χ1) is 7.82. The van der Waals surface area contributed by atoms with Gasteiger partial charge in [-0.15, -0.1) is 0 Å². The number of carbonyl (C=O) groups is 1. The first-order valence-corrected chi connectivity index (χ1v) is 6.08. The average Bonchev–Trinajstić information content (AvgIpc) is 2.44. The van der Waals surface area contributed by atoms with E-state index >= 15 is 0 Å². The molecule has 1 aromatic heterocycles. The second-order valence-electron chi connectivity index (χ2n) is 5.17. The summed E-state index contributed by atoms with van der Waals surface area (Å²) >= 11 is 0.